The molecule has 0 unspecified atom stereocenters. The summed E-state index contributed by atoms with van der Waals surface area (Å²) >= 11 is 0. The van der Waals surface area contributed by atoms with Gasteiger partial charge in [-0.15, -0.1) is 0 Å². The van der Waals surface area contributed by atoms with Crippen LogP contribution in [0.25, 0.3) is 11.1 Å². The van der Waals surface area contributed by atoms with Gasteiger partial charge in [0, 0.05) is 17.7 Å². The molecule has 0 spiro atoms. The van der Waals surface area contributed by atoms with E-state index in [2.05, 4.69) is 10.1 Å². The number of nitrogens with one attached hydrogen (secondary N) is 1. The van der Waals surface area contributed by atoms with Crippen LogP contribution in [-0.2, 0) is 16.1 Å². The summed E-state index contributed by atoms with van der Waals surface area (Å²) < 4.78 is 57.8. The maximum absolute atomic E-state index is 12.2. The average Bonchev–Trinajstić information content (AvgIpc) is 3.10. The zero-order chi connectivity index (χ0) is 22.6. The van der Waals surface area contributed by atoms with E-state index in [1.807, 2.05) is 6.07 Å². The Labute approximate surface area is 176 Å². The van der Waals surface area contributed by atoms with Gasteiger partial charge in [-0.2, -0.15) is 13.2 Å². The number of ether oxygens (including phenoxy) is 4. The summed E-state index contributed by atoms with van der Waals surface area (Å²) in [5.74, 6) is -0.689. The fourth-order valence-corrected chi connectivity index (χ4v) is 3.27. The summed E-state index contributed by atoms with van der Waals surface area (Å²) in [4.78, 5) is 23.3. The van der Waals surface area contributed by atoms with Crippen molar-refractivity contribution in [2.45, 2.75) is 19.1 Å². The number of fused-ring (bicyclic) bond motifs is 1. The van der Waals surface area contributed by atoms with Crippen LogP contribution in [0.3, 0.4) is 0 Å². The fraction of sp³-hybridized carbons (Fsp3) is 0.333. The number of amides is 1. The second kappa shape index (κ2) is 9.15. The molecule has 7 nitrogen and oxygen atoms in total. The third kappa shape index (κ3) is 5.01. The lowest BCUT2D eigenvalue weighted by Crippen LogP contribution is -2.19. The van der Waals surface area contributed by atoms with Crippen LogP contribution in [0.2, 0.25) is 0 Å². The Kier molecular flexibility index (Phi) is 6.57. The third-order valence-corrected chi connectivity index (χ3v) is 4.57. The van der Waals surface area contributed by atoms with E-state index in [0.717, 1.165) is 11.1 Å². The maximum atomic E-state index is 12.2. The second-order valence-electron chi connectivity index (χ2n) is 6.55. The molecule has 1 amide bonds. The first-order chi connectivity index (χ1) is 14.7. The summed E-state index contributed by atoms with van der Waals surface area (Å²) in [7, 11) is 2.86. The first-order valence-corrected chi connectivity index (χ1v) is 9.25. The molecule has 1 aliphatic rings. The highest BCUT2D eigenvalue weighted by atomic mass is 19.4. The first kappa shape index (κ1) is 22.3. The van der Waals surface area contributed by atoms with Crippen LogP contribution in [0.1, 0.15) is 22.3 Å². The quantitative estimate of drug-likeness (QED) is 0.501. The molecule has 166 valence electrons. The molecule has 2 aromatic carbocycles. The molecule has 3 rings (SSSR count). The van der Waals surface area contributed by atoms with Crippen molar-refractivity contribution in [1.82, 2.24) is 5.32 Å². The molecule has 1 N–H and O–H groups in total. The van der Waals surface area contributed by atoms with Gasteiger partial charge in [0.2, 0.25) is 5.75 Å². The van der Waals surface area contributed by atoms with Crippen molar-refractivity contribution >= 4 is 11.9 Å². The Balaban J connectivity index is 1.87. The Morgan fingerprint density at radius 3 is 2.42 bits per heavy atom. The SMILES string of the molecule is COc1ccc(-c2cccc3c2CNC3=O)c(OCCOC(=O)CC(F)(F)F)c1OC. The van der Waals surface area contributed by atoms with Crippen molar-refractivity contribution in [3.05, 3.63) is 41.5 Å². The lowest BCUT2D eigenvalue weighted by atomic mass is 9.95. The number of esters is 1. The van der Waals surface area contributed by atoms with Crippen molar-refractivity contribution in [2.75, 3.05) is 27.4 Å². The predicted molar refractivity (Wildman–Crippen MR) is 103 cm³/mol. The maximum Gasteiger partial charge on any atom is 0.399 e. The van der Waals surface area contributed by atoms with Gasteiger partial charge in [-0.25, -0.2) is 0 Å². The zero-order valence-electron chi connectivity index (χ0n) is 16.8. The van der Waals surface area contributed by atoms with Crippen molar-refractivity contribution in [1.29, 1.82) is 0 Å². The predicted octanol–water partition coefficient (Wildman–Crippen LogP) is 3.49. The van der Waals surface area contributed by atoms with Crippen LogP contribution in [0, 0.1) is 0 Å². The first-order valence-electron chi connectivity index (χ1n) is 9.25. The van der Waals surface area contributed by atoms with Crippen LogP contribution in [0.4, 0.5) is 13.2 Å². The number of alkyl halides is 3. The molecule has 0 aromatic heterocycles. The summed E-state index contributed by atoms with van der Waals surface area (Å²) in [5.41, 5.74) is 2.63. The minimum absolute atomic E-state index is 0.184. The highest BCUT2D eigenvalue weighted by Crippen LogP contribution is 2.46. The van der Waals surface area contributed by atoms with Crippen LogP contribution in [0.5, 0.6) is 17.2 Å². The standard InChI is InChI=1S/C21H20F3NO6/c1-28-16-7-6-13(12-4-3-5-14-15(12)11-25-20(14)27)18(19(16)29-2)31-9-8-30-17(26)10-21(22,23)24/h3-7H,8-11H2,1-2H3,(H,25,27). The largest absolute Gasteiger partial charge is 0.493 e. The highest BCUT2D eigenvalue weighted by Gasteiger charge is 2.32. The summed E-state index contributed by atoms with van der Waals surface area (Å²) in [6.45, 7) is -0.263. The van der Waals surface area contributed by atoms with E-state index in [1.54, 1.807) is 24.3 Å². The van der Waals surface area contributed by atoms with Gasteiger partial charge in [0.1, 0.15) is 19.6 Å². The van der Waals surface area contributed by atoms with E-state index in [-0.39, 0.29) is 30.6 Å². The minimum Gasteiger partial charge on any atom is -0.493 e. The number of halogens is 3. The van der Waals surface area contributed by atoms with Gasteiger partial charge in [-0.3, -0.25) is 9.59 Å². The molecular weight excluding hydrogens is 419 g/mol. The lowest BCUT2D eigenvalue weighted by molar-refractivity contribution is -0.171. The van der Waals surface area contributed by atoms with Gasteiger partial charge in [-0.1, -0.05) is 12.1 Å². The van der Waals surface area contributed by atoms with E-state index >= 15 is 0 Å². The Hall–Kier alpha value is -3.43. The van der Waals surface area contributed by atoms with Crippen LogP contribution in [-0.4, -0.2) is 45.5 Å². The number of benzene rings is 2. The van der Waals surface area contributed by atoms with Gasteiger partial charge >= 0.3 is 12.1 Å². The smallest absolute Gasteiger partial charge is 0.399 e. The van der Waals surface area contributed by atoms with Gasteiger partial charge < -0.3 is 24.3 Å². The molecule has 1 heterocycles. The Morgan fingerprint density at radius 2 is 1.74 bits per heavy atom. The number of carbonyl (C=O) groups excluding carboxylic acids is 2. The normalized spacial score (nSPS) is 12.7. The molecular formula is C21H20F3NO6. The molecule has 31 heavy (non-hydrogen) atoms. The van der Waals surface area contributed by atoms with Gasteiger partial charge in [0.05, 0.1) is 14.2 Å². The van der Waals surface area contributed by atoms with E-state index in [9.17, 15) is 22.8 Å². The molecule has 0 radical (unpaired) electrons. The minimum atomic E-state index is -4.64. The van der Waals surface area contributed by atoms with Crippen molar-refractivity contribution < 1.29 is 41.7 Å². The number of methoxy groups -OCH3 is 2. The lowest BCUT2D eigenvalue weighted by Gasteiger charge is -2.19. The average molecular weight is 439 g/mol. The van der Waals surface area contributed by atoms with Gasteiger partial charge in [0.15, 0.2) is 11.5 Å². The van der Waals surface area contributed by atoms with E-state index in [4.69, 9.17) is 14.2 Å². The molecule has 0 bridgehead atoms. The monoisotopic (exact) mass is 439 g/mol. The van der Waals surface area contributed by atoms with Crippen LogP contribution in [0.15, 0.2) is 30.3 Å². The molecule has 2 aromatic rings. The Bertz CT molecular complexity index is 990. The summed E-state index contributed by atoms with van der Waals surface area (Å²) in [6, 6.07) is 8.66. The molecule has 1 aliphatic heterocycles. The molecule has 0 saturated carbocycles. The van der Waals surface area contributed by atoms with Crippen molar-refractivity contribution in [3.8, 4) is 28.4 Å². The van der Waals surface area contributed by atoms with Crippen molar-refractivity contribution in [3.63, 3.8) is 0 Å². The van der Waals surface area contributed by atoms with Crippen LogP contribution < -0.4 is 19.5 Å². The second-order valence-corrected chi connectivity index (χ2v) is 6.55. The van der Waals surface area contributed by atoms with E-state index < -0.39 is 18.6 Å². The van der Waals surface area contributed by atoms with E-state index in [1.165, 1.54) is 14.2 Å². The number of carbonyl (C=O) groups is 2. The number of rotatable bonds is 8. The van der Waals surface area contributed by atoms with Crippen LogP contribution >= 0.6 is 0 Å². The van der Waals surface area contributed by atoms with Gasteiger partial charge in [-0.05, 0) is 29.3 Å². The zero-order valence-corrected chi connectivity index (χ0v) is 16.8. The molecule has 10 heteroatoms. The fourth-order valence-electron chi connectivity index (χ4n) is 3.27. The number of hydrogen-bond donors (Lipinski definition) is 1. The van der Waals surface area contributed by atoms with E-state index in [0.29, 0.717) is 23.4 Å². The molecule has 0 fully saturated rings. The highest BCUT2D eigenvalue weighted by molar-refractivity contribution is 6.01. The molecule has 0 aliphatic carbocycles. The molecule has 0 saturated heterocycles. The van der Waals surface area contributed by atoms with Gasteiger partial charge in [0.25, 0.3) is 5.91 Å². The number of hydrogen-bond acceptors (Lipinski definition) is 6. The summed E-state index contributed by atoms with van der Waals surface area (Å²) in [6.07, 6.45) is -6.31. The Morgan fingerprint density at radius 1 is 1.00 bits per heavy atom. The topological polar surface area (TPSA) is 83.1 Å². The third-order valence-electron chi connectivity index (χ3n) is 4.57. The van der Waals surface area contributed by atoms with Crippen molar-refractivity contribution in [2.24, 2.45) is 0 Å². The summed E-state index contributed by atoms with van der Waals surface area (Å²) in [5, 5.41) is 2.76. The molecule has 0 atom stereocenters.